The van der Waals surface area contributed by atoms with Crippen molar-refractivity contribution in [3.63, 3.8) is 0 Å². The zero-order valence-electron chi connectivity index (χ0n) is 11.2. The van der Waals surface area contributed by atoms with Crippen LogP contribution < -0.4 is 4.74 Å². The molecule has 0 bridgehead atoms. The summed E-state index contributed by atoms with van der Waals surface area (Å²) in [6, 6.07) is 10.8. The van der Waals surface area contributed by atoms with Crippen LogP contribution in [0.4, 0.5) is 0 Å². The van der Waals surface area contributed by atoms with Crippen molar-refractivity contribution in [2.24, 2.45) is 0 Å². The maximum absolute atomic E-state index is 5.92. The first kappa shape index (κ1) is 13.6. The van der Waals surface area contributed by atoms with Crippen LogP contribution in [0.1, 0.15) is 18.9 Å². The second-order valence-electron chi connectivity index (χ2n) is 4.41. The molecule has 1 atom stereocenters. The Morgan fingerprint density at radius 3 is 2.76 bits per heavy atom. The van der Waals surface area contributed by atoms with E-state index in [4.69, 9.17) is 20.9 Å². The summed E-state index contributed by atoms with van der Waals surface area (Å²) >= 11 is 5.92. The van der Waals surface area contributed by atoms with Crippen molar-refractivity contribution in [1.82, 2.24) is 15.1 Å². The fourth-order valence-electron chi connectivity index (χ4n) is 1.81. The molecule has 2 aromatic heterocycles. The van der Waals surface area contributed by atoms with Crippen LogP contribution in [0.5, 0.6) is 5.75 Å². The third-order valence-corrected chi connectivity index (χ3v) is 3.07. The molecule has 0 aliphatic carbocycles. The first-order valence-electron chi connectivity index (χ1n) is 6.38. The molecule has 0 spiro atoms. The predicted octanol–water partition coefficient (Wildman–Crippen LogP) is 3.93. The molecule has 0 saturated carbocycles. The molecule has 106 valence electrons. The molecule has 2 heterocycles. The van der Waals surface area contributed by atoms with Gasteiger partial charge >= 0.3 is 0 Å². The Labute approximate surface area is 126 Å². The molecule has 6 heteroatoms. The van der Waals surface area contributed by atoms with Crippen LogP contribution in [0, 0.1) is 0 Å². The minimum atomic E-state index is -0.369. The van der Waals surface area contributed by atoms with Gasteiger partial charge in [-0.1, -0.05) is 22.8 Å². The van der Waals surface area contributed by atoms with Gasteiger partial charge in [0, 0.05) is 23.0 Å². The zero-order valence-corrected chi connectivity index (χ0v) is 12.0. The smallest absolute Gasteiger partial charge is 0.267 e. The Kier molecular flexibility index (Phi) is 3.83. The van der Waals surface area contributed by atoms with E-state index in [1.807, 2.05) is 31.2 Å². The van der Waals surface area contributed by atoms with E-state index in [2.05, 4.69) is 15.1 Å². The van der Waals surface area contributed by atoms with Crippen LogP contribution in [0.3, 0.4) is 0 Å². The number of halogens is 1. The summed E-state index contributed by atoms with van der Waals surface area (Å²) in [4.78, 5) is 8.29. The minimum Gasteiger partial charge on any atom is -0.481 e. The van der Waals surface area contributed by atoms with Crippen LogP contribution in [0.25, 0.3) is 11.4 Å². The molecule has 0 aliphatic heterocycles. The van der Waals surface area contributed by atoms with Gasteiger partial charge in [-0.2, -0.15) is 4.98 Å². The highest BCUT2D eigenvalue weighted by Gasteiger charge is 2.16. The van der Waals surface area contributed by atoms with E-state index in [1.54, 1.807) is 24.5 Å². The van der Waals surface area contributed by atoms with Crippen molar-refractivity contribution in [2.75, 3.05) is 0 Å². The largest absolute Gasteiger partial charge is 0.481 e. The van der Waals surface area contributed by atoms with Crippen LogP contribution in [-0.4, -0.2) is 15.1 Å². The Morgan fingerprint density at radius 2 is 2.00 bits per heavy atom. The molecule has 0 aliphatic rings. The average Bonchev–Trinajstić information content (AvgIpc) is 2.98. The van der Waals surface area contributed by atoms with Gasteiger partial charge < -0.3 is 9.26 Å². The number of pyridine rings is 1. The molecule has 0 fully saturated rings. The normalized spacial score (nSPS) is 12.1. The standard InChI is InChI=1S/C15H12ClN3O2/c1-10(20-13-4-2-3-12(16)9-13)15-18-14(19-21-15)11-5-7-17-8-6-11/h2-10H,1H3. The van der Waals surface area contributed by atoms with Crippen molar-refractivity contribution in [3.05, 3.63) is 59.7 Å². The molecular formula is C15H12ClN3O2. The molecule has 3 aromatic rings. The van der Waals surface area contributed by atoms with Gasteiger partial charge in [0.15, 0.2) is 6.10 Å². The van der Waals surface area contributed by atoms with Gasteiger partial charge in [0.05, 0.1) is 0 Å². The quantitative estimate of drug-likeness (QED) is 0.731. The molecule has 1 unspecified atom stereocenters. The number of benzene rings is 1. The average molecular weight is 302 g/mol. The highest BCUT2D eigenvalue weighted by molar-refractivity contribution is 6.30. The Hall–Kier alpha value is -2.40. The monoisotopic (exact) mass is 301 g/mol. The lowest BCUT2D eigenvalue weighted by Gasteiger charge is -2.10. The predicted molar refractivity (Wildman–Crippen MR) is 78.0 cm³/mol. The number of aromatic nitrogens is 3. The minimum absolute atomic E-state index is 0.369. The number of nitrogens with zero attached hydrogens (tertiary/aromatic N) is 3. The number of rotatable bonds is 4. The van der Waals surface area contributed by atoms with E-state index >= 15 is 0 Å². The van der Waals surface area contributed by atoms with Crippen molar-refractivity contribution in [1.29, 1.82) is 0 Å². The van der Waals surface area contributed by atoms with Gasteiger partial charge in [-0.05, 0) is 37.3 Å². The lowest BCUT2D eigenvalue weighted by Crippen LogP contribution is -2.03. The van der Waals surface area contributed by atoms with Gasteiger partial charge in [0.2, 0.25) is 5.82 Å². The van der Waals surface area contributed by atoms with E-state index in [0.717, 1.165) is 5.56 Å². The lowest BCUT2D eigenvalue weighted by atomic mass is 10.2. The second kappa shape index (κ2) is 5.93. The molecule has 0 N–H and O–H groups in total. The van der Waals surface area contributed by atoms with Gasteiger partial charge in [0.1, 0.15) is 5.75 Å². The lowest BCUT2D eigenvalue weighted by molar-refractivity contribution is 0.176. The molecule has 21 heavy (non-hydrogen) atoms. The van der Waals surface area contributed by atoms with E-state index in [0.29, 0.717) is 22.5 Å². The Morgan fingerprint density at radius 1 is 1.19 bits per heavy atom. The van der Waals surface area contributed by atoms with Gasteiger partial charge in [0.25, 0.3) is 5.89 Å². The van der Waals surface area contributed by atoms with Crippen molar-refractivity contribution >= 4 is 11.6 Å². The Balaban J connectivity index is 1.77. The molecule has 5 nitrogen and oxygen atoms in total. The third kappa shape index (κ3) is 3.20. The molecule has 0 radical (unpaired) electrons. The second-order valence-corrected chi connectivity index (χ2v) is 4.85. The summed E-state index contributed by atoms with van der Waals surface area (Å²) in [5.74, 6) is 1.56. The van der Waals surface area contributed by atoms with Gasteiger partial charge in [-0.3, -0.25) is 4.98 Å². The maximum atomic E-state index is 5.92. The Bertz CT molecular complexity index is 731. The molecule has 0 amide bonds. The third-order valence-electron chi connectivity index (χ3n) is 2.84. The van der Waals surface area contributed by atoms with Crippen molar-refractivity contribution < 1.29 is 9.26 Å². The highest BCUT2D eigenvalue weighted by Crippen LogP contribution is 2.24. The summed E-state index contributed by atoms with van der Waals surface area (Å²) in [5, 5.41) is 4.56. The fraction of sp³-hybridized carbons (Fsp3) is 0.133. The number of ether oxygens (including phenoxy) is 1. The van der Waals surface area contributed by atoms with Gasteiger partial charge in [-0.15, -0.1) is 0 Å². The van der Waals surface area contributed by atoms with E-state index in [9.17, 15) is 0 Å². The van der Waals surface area contributed by atoms with Crippen molar-refractivity contribution in [3.8, 4) is 17.1 Å². The summed E-state index contributed by atoms with van der Waals surface area (Å²) in [5.41, 5.74) is 0.843. The molecule has 3 rings (SSSR count). The van der Waals surface area contributed by atoms with Crippen LogP contribution >= 0.6 is 11.6 Å². The van der Waals surface area contributed by atoms with Crippen LogP contribution in [0.2, 0.25) is 5.02 Å². The summed E-state index contributed by atoms with van der Waals surface area (Å²) < 4.78 is 11.0. The van der Waals surface area contributed by atoms with Crippen molar-refractivity contribution in [2.45, 2.75) is 13.0 Å². The zero-order chi connectivity index (χ0) is 14.7. The first-order chi connectivity index (χ1) is 10.2. The van der Waals surface area contributed by atoms with E-state index in [-0.39, 0.29) is 6.10 Å². The maximum Gasteiger partial charge on any atom is 0.267 e. The fourth-order valence-corrected chi connectivity index (χ4v) is 1.99. The summed E-state index contributed by atoms with van der Waals surface area (Å²) in [6.45, 7) is 1.84. The molecular weight excluding hydrogens is 290 g/mol. The van der Waals surface area contributed by atoms with Crippen LogP contribution in [-0.2, 0) is 0 Å². The molecule has 1 aromatic carbocycles. The van der Waals surface area contributed by atoms with Gasteiger partial charge in [-0.25, -0.2) is 0 Å². The first-order valence-corrected chi connectivity index (χ1v) is 6.76. The highest BCUT2D eigenvalue weighted by atomic mass is 35.5. The topological polar surface area (TPSA) is 61.0 Å². The summed E-state index contributed by atoms with van der Waals surface area (Å²) in [6.07, 6.45) is 2.99. The van der Waals surface area contributed by atoms with E-state index in [1.165, 1.54) is 0 Å². The number of hydrogen-bond acceptors (Lipinski definition) is 5. The number of hydrogen-bond donors (Lipinski definition) is 0. The SMILES string of the molecule is CC(Oc1cccc(Cl)c1)c1nc(-c2ccncc2)no1. The molecule has 0 saturated heterocycles. The van der Waals surface area contributed by atoms with Crippen LogP contribution in [0.15, 0.2) is 53.3 Å². The van der Waals surface area contributed by atoms with E-state index < -0.39 is 0 Å². The summed E-state index contributed by atoms with van der Waals surface area (Å²) in [7, 11) is 0.